The summed E-state index contributed by atoms with van der Waals surface area (Å²) < 4.78 is 4.61. The van der Waals surface area contributed by atoms with Gasteiger partial charge in [-0.25, -0.2) is 23.5 Å². The van der Waals surface area contributed by atoms with Crippen LogP contribution in [-0.2, 0) is 7.05 Å². The van der Waals surface area contributed by atoms with Crippen LogP contribution in [0.4, 0.5) is 0 Å². The lowest BCUT2D eigenvalue weighted by molar-refractivity contribution is 0.0361. The van der Waals surface area contributed by atoms with Crippen molar-refractivity contribution in [1.29, 1.82) is 0 Å². The highest BCUT2D eigenvalue weighted by atomic mass is 16.2. The van der Waals surface area contributed by atoms with Crippen molar-refractivity contribution in [3.63, 3.8) is 0 Å². The Morgan fingerprint density at radius 3 is 2.72 bits per heavy atom. The fourth-order valence-electron chi connectivity index (χ4n) is 4.43. The zero-order valence-electron chi connectivity index (χ0n) is 10.7. The van der Waals surface area contributed by atoms with Crippen LogP contribution in [-0.4, -0.2) is 13.9 Å². The monoisotopic (exact) mass is 247 g/mol. The molecule has 0 unspecified atom stereocenters. The second kappa shape index (κ2) is 2.90. The molecule has 5 rings (SSSR count). The first-order valence-electron chi connectivity index (χ1n) is 6.64. The molecule has 0 radical (unpaired) electrons. The first-order valence-corrected chi connectivity index (χ1v) is 6.64. The highest BCUT2D eigenvalue weighted by Gasteiger charge is 2.55. The van der Waals surface area contributed by atoms with E-state index in [9.17, 15) is 9.59 Å². The van der Waals surface area contributed by atoms with Gasteiger partial charge in [0.1, 0.15) is 0 Å². The topological polar surface area (TPSA) is 48.9 Å². The second-order valence-corrected chi connectivity index (χ2v) is 6.14. The summed E-state index contributed by atoms with van der Waals surface area (Å²) in [6.45, 7) is 2.28. The van der Waals surface area contributed by atoms with Crippen LogP contribution >= 0.6 is 0 Å². The molecule has 0 saturated heterocycles. The quantitative estimate of drug-likeness (QED) is 0.637. The summed E-state index contributed by atoms with van der Waals surface area (Å²) in [6, 6.07) is 0.125. The molecule has 4 atom stereocenters. The minimum atomic E-state index is -0.175. The average Bonchev–Trinajstić information content (AvgIpc) is 2.87. The minimum Gasteiger partial charge on any atom is -0.246 e. The Bertz CT molecular complexity index is 677. The molecule has 2 aliphatic heterocycles. The highest BCUT2D eigenvalue weighted by molar-refractivity contribution is 5.20. The smallest absolute Gasteiger partial charge is 0.246 e. The molecule has 1 saturated carbocycles. The number of aromatic nitrogens is 3. The molecule has 2 bridgehead atoms. The van der Waals surface area contributed by atoms with Crippen molar-refractivity contribution in [3.8, 4) is 0 Å². The molecule has 96 valence electrons. The highest BCUT2D eigenvalue weighted by Crippen LogP contribution is 2.59. The van der Waals surface area contributed by atoms with E-state index in [1.807, 2.05) is 0 Å². The summed E-state index contributed by atoms with van der Waals surface area (Å²) >= 11 is 0. The van der Waals surface area contributed by atoms with Crippen LogP contribution in [0.5, 0.6) is 0 Å². The van der Waals surface area contributed by atoms with Crippen molar-refractivity contribution in [2.24, 2.45) is 18.4 Å². The third-order valence-corrected chi connectivity index (χ3v) is 5.40. The van der Waals surface area contributed by atoms with E-state index in [0.29, 0.717) is 5.92 Å². The molecular weight excluding hydrogens is 230 g/mol. The summed E-state index contributed by atoms with van der Waals surface area (Å²) in [5.74, 6) is 0.506. The van der Waals surface area contributed by atoms with E-state index in [0.717, 1.165) is 12.8 Å². The lowest BCUT2D eigenvalue weighted by Crippen LogP contribution is -2.52. The largest absolute Gasteiger partial charge is 0.347 e. The molecule has 5 heteroatoms. The van der Waals surface area contributed by atoms with E-state index in [-0.39, 0.29) is 28.9 Å². The normalized spacial score (nSPS) is 40.0. The summed E-state index contributed by atoms with van der Waals surface area (Å²) in [5, 5.41) is 0. The van der Waals surface area contributed by atoms with Crippen LogP contribution in [0.3, 0.4) is 0 Å². The molecule has 0 N–H and O–H groups in total. The van der Waals surface area contributed by atoms with Crippen molar-refractivity contribution < 1.29 is 0 Å². The van der Waals surface area contributed by atoms with Crippen molar-refractivity contribution in [1.82, 2.24) is 13.9 Å². The average molecular weight is 247 g/mol. The van der Waals surface area contributed by atoms with Gasteiger partial charge in [0.2, 0.25) is 0 Å². The number of hydrogen-bond donors (Lipinski definition) is 0. The maximum atomic E-state index is 12.2. The van der Waals surface area contributed by atoms with Crippen LogP contribution in [0.25, 0.3) is 0 Å². The van der Waals surface area contributed by atoms with Gasteiger partial charge >= 0.3 is 11.4 Å². The van der Waals surface area contributed by atoms with Gasteiger partial charge in [-0.05, 0) is 24.2 Å². The Kier molecular flexibility index (Phi) is 1.67. The number of allylic oxidation sites excluding steroid dienone is 2. The Morgan fingerprint density at radius 2 is 1.94 bits per heavy atom. The fourth-order valence-corrected chi connectivity index (χ4v) is 4.43. The Morgan fingerprint density at radius 1 is 1.22 bits per heavy atom. The van der Waals surface area contributed by atoms with Gasteiger partial charge in [-0.2, -0.15) is 0 Å². The summed E-state index contributed by atoms with van der Waals surface area (Å²) in [6.07, 6.45) is 7.78. The van der Waals surface area contributed by atoms with E-state index >= 15 is 0 Å². The Balaban J connectivity index is 2.09. The summed E-state index contributed by atoms with van der Waals surface area (Å²) in [4.78, 5) is 24.4. The molecule has 2 aliphatic carbocycles. The Hall–Kier alpha value is -1.52. The van der Waals surface area contributed by atoms with Crippen LogP contribution in [0, 0.1) is 11.3 Å². The number of hydrogen-bond acceptors (Lipinski definition) is 2. The SMILES string of the molecule is Cn1c(=O)n2n(c1=O)[C@H]1C=C[C@H]2[C@@]2(C)CCC[C@@H]12. The van der Waals surface area contributed by atoms with Gasteiger partial charge in [0.15, 0.2) is 0 Å². The fraction of sp³-hybridized carbons (Fsp3) is 0.692. The van der Waals surface area contributed by atoms with Gasteiger partial charge in [-0.15, -0.1) is 0 Å². The zero-order chi connectivity index (χ0) is 12.7. The molecule has 0 spiro atoms. The van der Waals surface area contributed by atoms with E-state index in [4.69, 9.17) is 0 Å². The standard InChI is InChI=1S/C13H17N3O2/c1-13-7-3-4-8(13)9-5-6-10(13)16-12(18)14(2)11(17)15(9)16/h5-6,8-10H,3-4,7H2,1-2H3/t8-,9-,10-,13-/m0/s1. The predicted molar refractivity (Wildman–Crippen MR) is 66.6 cm³/mol. The lowest BCUT2D eigenvalue weighted by atomic mass is 9.66. The van der Waals surface area contributed by atoms with E-state index in [1.54, 1.807) is 16.4 Å². The number of nitrogens with zero attached hydrogens (tertiary/aromatic N) is 3. The predicted octanol–water partition coefficient (Wildman–Crippen LogP) is 0.820. The Labute approximate surface area is 104 Å². The minimum absolute atomic E-state index is 0.0522. The number of rotatable bonds is 0. The maximum Gasteiger partial charge on any atom is 0.347 e. The first-order chi connectivity index (χ1) is 8.55. The van der Waals surface area contributed by atoms with Crippen molar-refractivity contribution >= 4 is 0 Å². The van der Waals surface area contributed by atoms with Gasteiger partial charge in [-0.1, -0.05) is 25.5 Å². The maximum absolute atomic E-state index is 12.2. The van der Waals surface area contributed by atoms with Crippen molar-refractivity contribution in [2.45, 2.75) is 38.3 Å². The van der Waals surface area contributed by atoms with E-state index < -0.39 is 0 Å². The third kappa shape index (κ3) is 0.886. The molecule has 1 fully saturated rings. The summed E-state index contributed by atoms with van der Waals surface area (Å²) in [7, 11) is 1.57. The second-order valence-electron chi connectivity index (χ2n) is 6.14. The van der Waals surface area contributed by atoms with Crippen LogP contribution in [0.2, 0.25) is 0 Å². The lowest BCUT2D eigenvalue weighted by Gasteiger charge is -2.49. The van der Waals surface area contributed by atoms with Crippen LogP contribution in [0.1, 0.15) is 38.3 Å². The zero-order valence-corrected chi connectivity index (χ0v) is 10.7. The van der Waals surface area contributed by atoms with Gasteiger partial charge in [0.25, 0.3) is 0 Å². The van der Waals surface area contributed by atoms with Gasteiger partial charge in [0.05, 0.1) is 12.1 Å². The van der Waals surface area contributed by atoms with E-state index in [2.05, 4.69) is 19.1 Å². The molecule has 5 nitrogen and oxygen atoms in total. The first kappa shape index (κ1) is 10.4. The third-order valence-electron chi connectivity index (χ3n) is 5.40. The van der Waals surface area contributed by atoms with Crippen LogP contribution in [0.15, 0.2) is 21.7 Å². The molecular formula is C13H17N3O2. The van der Waals surface area contributed by atoms with Gasteiger partial charge in [0, 0.05) is 7.05 Å². The van der Waals surface area contributed by atoms with Gasteiger partial charge in [-0.3, -0.25) is 0 Å². The molecule has 1 aromatic rings. The summed E-state index contributed by atoms with van der Waals surface area (Å²) in [5.41, 5.74) is -0.198. The molecule has 0 amide bonds. The molecule has 4 aliphatic rings. The molecule has 0 aromatic carbocycles. The molecule has 3 heterocycles. The van der Waals surface area contributed by atoms with Gasteiger partial charge < -0.3 is 0 Å². The van der Waals surface area contributed by atoms with Crippen LogP contribution < -0.4 is 11.4 Å². The molecule has 1 aromatic heterocycles. The molecule has 18 heavy (non-hydrogen) atoms. The van der Waals surface area contributed by atoms with E-state index in [1.165, 1.54) is 11.0 Å². The van der Waals surface area contributed by atoms with Crippen molar-refractivity contribution in [2.75, 3.05) is 0 Å². The van der Waals surface area contributed by atoms with Crippen molar-refractivity contribution in [3.05, 3.63) is 33.1 Å².